The predicted octanol–water partition coefficient (Wildman–Crippen LogP) is 3.74. The van der Waals surface area contributed by atoms with Gasteiger partial charge in [0.25, 0.3) is 5.91 Å². The van der Waals surface area contributed by atoms with Gasteiger partial charge in [0.15, 0.2) is 0 Å². The maximum absolute atomic E-state index is 13.7. The Morgan fingerprint density at radius 3 is 2.76 bits per heavy atom. The van der Waals surface area contributed by atoms with Gasteiger partial charge in [0.2, 0.25) is 5.91 Å². The first-order chi connectivity index (χ1) is 16.0. The summed E-state index contributed by atoms with van der Waals surface area (Å²) < 4.78 is 15.6. The van der Waals surface area contributed by atoms with E-state index in [2.05, 4.69) is 10.3 Å². The van der Waals surface area contributed by atoms with E-state index in [0.717, 1.165) is 30.4 Å². The van der Waals surface area contributed by atoms with Crippen LogP contribution in [0.5, 0.6) is 0 Å². The van der Waals surface area contributed by atoms with Crippen LogP contribution in [0.2, 0.25) is 0 Å². The molecule has 0 unspecified atom stereocenters. The molecular formula is C26H27FN4O2. The summed E-state index contributed by atoms with van der Waals surface area (Å²) in [7, 11) is 0. The van der Waals surface area contributed by atoms with Crippen molar-refractivity contribution in [2.24, 2.45) is 0 Å². The fourth-order valence-electron chi connectivity index (χ4n) is 5.31. The molecule has 2 atom stereocenters. The van der Waals surface area contributed by atoms with Gasteiger partial charge in [-0.05, 0) is 42.2 Å². The highest BCUT2D eigenvalue weighted by atomic mass is 19.1. The zero-order valence-electron chi connectivity index (χ0n) is 18.4. The molecule has 2 fully saturated rings. The maximum Gasteiger partial charge on any atom is 0.254 e. The standard InChI is InChI=1S/C26H27FN4O2/c27-21-10-8-19(9-11-21)23-16-31(17-26(23)12-4-3-7-24(32)29-26)25(33)22-6-2-1-5-20(22)15-30-14-13-28-18-30/h1-2,5-6,8-11,13-14,18,23H,3-4,7,12,15-17H2,(H,29,32)/t23-,26+/m0/s1. The van der Waals surface area contributed by atoms with Gasteiger partial charge >= 0.3 is 0 Å². The molecule has 0 saturated carbocycles. The maximum atomic E-state index is 13.7. The zero-order valence-corrected chi connectivity index (χ0v) is 18.4. The van der Waals surface area contributed by atoms with Crippen LogP contribution >= 0.6 is 0 Å². The molecule has 2 saturated heterocycles. The summed E-state index contributed by atoms with van der Waals surface area (Å²) >= 11 is 0. The topological polar surface area (TPSA) is 67.2 Å². The lowest BCUT2D eigenvalue weighted by atomic mass is 9.79. The van der Waals surface area contributed by atoms with E-state index in [1.807, 2.05) is 39.9 Å². The van der Waals surface area contributed by atoms with Crippen LogP contribution in [-0.2, 0) is 11.3 Å². The number of carbonyl (C=O) groups is 2. The number of carbonyl (C=O) groups excluding carboxylic acids is 2. The largest absolute Gasteiger partial charge is 0.348 e. The number of nitrogens with one attached hydrogen (secondary N) is 1. The van der Waals surface area contributed by atoms with Crippen molar-refractivity contribution in [3.63, 3.8) is 0 Å². The Morgan fingerprint density at radius 2 is 1.97 bits per heavy atom. The highest BCUT2D eigenvalue weighted by Gasteiger charge is 2.50. The van der Waals surface area contributed by atoms with Gasteiger partial charge in [-0.3, -0.25) is 9.59 Å². The molecular weight excluding hydrogens is 419 g/mol. The van der Waals surface area contributed by atoms with E-state index in [0.29, 0.717) is 31.6 Å². The van der Waals surface area contributed by atoms with E-state index < -0.39 is 5.54 Å². The molecule has 1 N–H and O–H groups in total. The average molecular weight is 447 g/mol. The molecule has 1 spiro atoms. The monoisotopic (exact) mass is 446 g/mol. The van der Waals surface area contributed by atoms with E-state index >= 15 is 0 Å². The number of amides is 2. The van der Waals surface area contributed by atoms with E-state index in [4.69, 9.17) is 0 Å². The van der Waals surface area contributed by atoms with E-state index in [1.165, 1.54) is 12.1 Å². The first-order valence-electron chi connectivity index (χ1n) is 11.4. The Bertz CT molecular complexity index is 1150. The first kappa shape index (κ1) is 21.4. The van der Waals surface area contributed by atoms with Gasteiger partial charge in [-0.1, -0.05) is 36.8 Å². The predicted molar refractivity (Wildman–Crippen MR) is 122 cm³/mol. The highest BCUT2D eigenvalue weighted by Crippen LogP contribution is 2.41. The normalized spacial score (nSPS) is 22.9. The quantitative estimate of drug-likeness (QED) is 0.664. The minimum absolute atomic E-state index is 0.0226. The average Bonchev–Trinajstić information content (AvgIpc) is 3.41. The molecule has 6 nitrogen and oxygen atoms in total. The van der Waals surface area contributed by atoms with Gasteiger partial charge < -0.3 is 14.8 Å². The summed E-state index contributed by atoms with van der Waals surface area (Å²) in [6.07, 6.45) is 8.37. The Kier molecular flexibility index (Phi) is 5.70. The molecule has 33 heavy (non-hydrogen) atoms. The summed E-state index contributed by atoms with van der Waals surface area (Å²) in [5, 5.41) is 3.27. The van der Waals surface area contributed by atoms with Crippen LogP contribution in [0.4, 0.5) is 4.39 Å². The Hall–Kier alpha value is -3.48. The number of aromatic nitrogens is 2. The van der Waals surface area contributed by atoms with Gasteiger partial charge in [-0.15, -0.1) is 0 Å². The summed E-state index contributed by atoms with van der Waals surface area (Å²) in [5.41, 5.74) is 1.98. The molecule has 0 aliphatic carbocycles. The van der Waals surface area contributed by atoms with Crippen molar-refractivity contribution >= 4 is 11.8 Å². The van der Waals surface area contributed by atoms with Crippen LogP contribution in [0.15, 0.2) is 67.3 Å². The van der Waals surface area contributed by atoms with Gasteiger partial charge in [-0.2, -0.15) is 0 Å². The molecule has 2 aliphatic rings. The Labute approximate surface area is 192 Å². The summed E-state index contributed by atoms with van der Waals surface area (Å²) in [6.45, 7) is 1.47. The van der Waals surface area contributed by atoms with Gasteiger partial charge in [0, 0.05) is 49.9 Å². The van der Waals surface area contributed by atoms with E-state index in [-0.39, 0.29) is 23.5 Å². The molecule has 5 rings (SSSR count). The smallest absolute Gasteiger partial charge is 0.254 e. The SMILES string of the molecule is O=C1CCCC[C@]2(CN(C(=O)c3ccccc3Cn3ccnc3)C[C@H]2c2ccc(F)cc2)N1. The molecule has 3 aromatic rings. The van der Waals surface area contributed by atoms with Crippen LogP contribution in [0.25, 0.3) is 0 Å². The second kappa shape index (κ2) is 8.81. The van der Waals surface area contributed by atoms with Crippen LogP contribution in [0, 0.1) is 5.82 Å². The number of benzene rings is 2. The Morgan fingerprint density at radius 1 is 1.15 bits per heavy atom. The van der Waals surface area contributed by atoms with Crippen LogP contribution in [-0.4, -0.2) is 44.9 Å². The summed E-state index contributed by atoms with van der Waals surface area (Å²) in [6, 6.07) is 14.1. The van der Waals surface area contributed by atoms with Crippen molar-refractivity contribution in [1.82, 2.24) is 19.8 Å². The number of hydrogen-bond donors (Lipinski definition) is 1. The minimum Gasteiger partial charge on any atom is -0.348 e. The molecule has 0 bridgehead atoms. The zero-order chi connectivity index (χ0) is 22.8. The van der Waals surface area contributed by atoms with Gasteiger partial charge in [-0.25, -0.2) is 9.37 Å². The lowest BCUT2D eigenvalue weighted by Gasteiger charge is -2.34. The number of hydrogen-bond acceptors (Lipinski definition) is 3. The molecule has 3 heterocycles. The summed E-state index contributed by atoms with van der Waals surface area (Å²) in [4.78, 5) is 32.3. The van der Waals surface area contributed by atoms with Crippen molar-refractivity contribution in [3.8, 4) is 0 Å². The molecule has 7 heteroatoms. The van der Waals surface area contributed by atoms with Crippen molar-refractivity contribution < 1.29 is 14.0 Å². The molecule has 2 amide bonds. The molecule has 2 aromatic carbocycles. The van der Waals surface area contributed by atoms with Gasteiger partial charge in [0.05, 0.1) is 11.9 Å². The van der Waals surface area contributed by atoms with Crippen LogP contribution in [0.1, 0.15) is 53.1 Å². The van der Waals surface area contributed by atoms with Crippen molar-refractivity contribution in [2.45, 2.75) is 43.7 Å². The second-order valence-electron chi connectivity index (χ2n) is 9.09. The third-order valence-corrected chi connectivity index (χ3v) is 6.93. The van der Waals surface area contributed by atoms with Crippen molar-refractivity contribution in [2.75, 3.05) is 13.1 Å². The second-order valence-corrected chi connectivity index (χ2v) is 9.09. The fourth-order valence-corrected chi connectivity index (χ4v) is 5.31. The fraction of sp³-hybridized carbons (Fsp3) is 0.346. The lowest BCUT2D eigenvalue weighted by Crippen LogP contribution is -2.52. The van der Waals surface area contributed by atoms with Crippen molar-refractivity contribution in [1.29, 1.82) is 0 Å². The number of likely N-dealkylation sites (tertiary alicyclic amines) is 1. The molecule has 2 aliphatic heterocycles. The number of imidazole rings is 1. The molecule has 1 aromatic heterocycles. The number of nitrogens with zero attached hydrogens (tertiary/aromatic N) is 3. The van der Waals surface area contributed by atoms with E-state index in [1.54, 1.807) is 24.7 Å². The van der Waals surface area contributed by atoms with Crippen LogP contribution in [0.3, 0.4) is 0 Å². The van der Waals surface area contributed by atoms with Gasteiger partial charge in [0.1, 0.15) is 5.82 Å². The third kappa shape index (κ3) is 4.27. The number of halogens is 1. The summed E-state index contributed by atoms with van der Waals surface area (Å²) in [5.74, 6) is -0.412. The first-order valence-corrected chi connectivity index (χ1v) is 11.4. The third-order valence-electron chi connectivity index (χ3n) is 6.93. The molecule has 170 valence electrons. The van der Waals surface area contributed by atoms with Crippen LogP contribution < -0.4 is 5.32 Å². The minimum atomic E-state index is -0.541. The van der Waals surface area contributed by atoms with E-state index in [9.17, 15) is 14.0 Å². The lowest BCUT2D eigenvalue weighted by molar-refractivity contribution is -0.122. The highest BCUT2D eigenvalue weighted by molar-refractivity contribution is 5.96. The molecule has 0 radical (unpaired) electrons. The number of rotatable bonds is 4. The van der Waals surface area contributed by atoms with Crippen molar-refractivity contribution in [3.05, 3.63) is 89.8 Å². The Balaban J connectivity index is 1.47.